The second kappa shape index (κ2) is 9.16. The second-order valence-corrected chi connectivity index (χ2v) is 6.19. The number of nitrogens with zero attached hydrogens (tertiary/aromatic N) is 1. The average molecular weight is 299 g/mol. The summed E-state index contributed by atoms with van der Waals surface area (Å²) < 4.78 is 0. The van der Waals surface area contributed by atoms with Gasteiger partial charge in [0.1, 0.15) is 0 Å². The van der Waals surface area contributed by atoms with Crippen molar-refractivity contribution in [3.8, 4) is 0 Å². The fourth-order valence-corrected chi connectivity index (χ4v) is 3.09. The van der Waals surface area contributed by atoms with Gasteiger partial charge in [0, 0.05) is 12.5 Å². The minimum absolute atomic E-state index is 0.0756. The Bertz CT molecular complexity index is 314. The number of amides is 1. The molecule has 3 N–H and O–H groups in total. The minimum atomic E-state index is 0.0756. The first-order chi connectivity index (χ1) is 9.58. The van der Waals surface area contributed by atoms with Crippen molar-refractivity contribution in [2.75, 3.05) is 6.54 Å². The number of hydrazine groups is 1. The third kappa shape index (κ3) is 5.65. The molecule has 1 rings (SSSR count). The third-order valence-corrected chi connectivity index (χ3v) is 4.48. The summed E-state index contributed by atoms with van der Waals surface area (Å²) in [6.07, 6.45) is 9.64. The first kappa shape index (κ1) is 17.2. The zero-order valence-corrected chi connectivity index (χ0v) is 13.7. The summed E-state index contributed by atoms with van der Waals surface area (Å²) in [6, 6.07) is 0. The van der Waals surface area contributed by atoms with E-state index < -0.39 is 0 Å². The Kier molecular flexibility index (Phi) is 7.88. The maximum absolute atomic E-state index is 12.2. The molecule has 0 radical (unpaired) electrons. The van der Waals surface area contributed by atoms with E-state index >= 15 is 0 Å². The summed E-state index contributed by atoms with van der Waals surface area (Å²) in [4.78, 5) is 12.2. The molecular formula is C15H29N3OS. The lowest BCUT2D eigenvalue weighted by Crippen LogP contribution is -2.50. The molecule has 1 saturated carbocycles. The number of carbonyl (C=O) groups is 1. The number of rotatable bonds is 6. The smallest absolute Gasteiger partial charge is 0.241 e. The number of nitrogens with one attached hydrogen (secondary N) is 1. The van der Waals surface area contributed by atoms with Gasteiger partial charge in [-0.05, 0) is 50.7 Å². The van der Waals surface area contributed by atoms with Crippen LogP contribution in [0, 0.1) is 11.8 Å². The van der Waals surface area contributed by atoms with Crippen molar-refractivity contribution >= 4 is 23.2 Å². The van der Waals surface area contributed by atoms with Crippen LogP contribution >= 0.6 is 12.2 Å². The molecule has 0 saturated heterocycles. The van der Waals surface area contributed by atoms with E-state index in [4.69, 9.17) is 18.0 Å². The van der Waals surface area contributed by atoms with Gasteiger partial charge in [-0.25, -0.2) is 0 Å². The predicted octanol–water partition coefficient (Wildman–Crippen LogP) is 2.97. The van der Waals surface area contributed by atoms with E-state index in [0.29, 0.717) is 6.54 Å². The van der Waals surface area contributed by atoms with E-state index in [-0.39, 0.29) is 16.9 Å². The third-order valence-electron chi connectivity index (χ3n) is 4.26. The highest BCUT2D eigenvalue weighted by Crippen LogP contribution is 2.32. The van der Waals surface area contributed by atoms with E-state index in [0.717, 1.165) is 18.8 Å². The molecule has 4 nitrogen and oxygen atoms in total. The number of hydrogen-bond donors (Lipinski definition) is 2. The fourth-order valence-electron chi connectivity index (χ4n) is 2.91. The molecule has 1 fully saturated rings. The molecule has 0 aromatic heterocycles. The van der Waals surface area contributed by atoms with Crippen LogP contribution in [0.25, 0.3) is 0 Å². The van der Waals surface area contributed by atoms with Crippen molar-refractivity contribution in [2.45, 2.75) is 65.2 Å². The Morgan fingerprint density at radius 3 is 2.40 bits per heavy atom. The topological polar surface area (TPSA) is 58.4 Å². The highest BCUT2D eigenvalue weighted by Gasteiger charge is 2.26. The molecule has 0 aromatic rings. The van der Waals surface area contributed by atoms with Crippen LogP contribution in [-0.2, 0) is 4.79 Å². The van der Waals surface area contributed by atoms with Gasteiger partial charge in [-0.15, -0.1) is 0 Å². The monoisotopic (exact) mass is 299 g/mol. The van der Waals surface area contributed by atoms with Crippen LogP contribution in [0.5, 0.6) is 0 Å². The molecule has 5 heteroatoms. The molecule has 0 aliphatic heterocycles. The Morgan fingerprint density at radius 1 is 1.25 bits per heavy atom. The Balaban J connectivity index is 2.30. The van der Waals surface area contributed by atoms with Gasteiger partial charge >= 0.3 is 0 Å². The quantitative estimate of drug-likeness (QED) is 0.450. The van der Waals surface area contributed by atoms with Gasteiger partial charge in [-0.1, -0.05) is 32.6 Å². The zero-order valence-electron chi connectivity index (χ0n) is 12.9. The summed E-state index contributed by atoms with van der Waals surface area (Å²) in [5, 5.41) is 1.78. The molecule has 116 valence electrons. The van der Waals surface area contributed by atoms with Crippen molar-refractivity contribution < 1.29 is 4.79 Å². The molecule has 0 aromatic carbocycles. The molecule has 0 atom stereocenters. The first-order valence-corrected chi connectivity index (χ1v) is 8.36. The van der Waals surface area contributed by atoms with Crippen LogP contribution < -0.4 is 11.2 Å². The normalized spacial score (nSPS) is 22.3. The maximum Gasteiger partial charge on any atom is 0.241 e. The van der Waals surface area contributed by atoms with E-state index in [1.54, 1.807) is 5.01 Å². The van der Waals surface area contributed by atoms with Crippen LogP contribution in [0.15, 0.2) is 0 Å². The Hall–Kier alpha value is -0.840. The number of carbonyl (C=O) groups excluding carboxylic acids is 1. The Morgan fingerprint density at radius 2 is 1.90 bits per heavy atom. The molecule has 20 heavy (non-hydrogen) atoms. The predicted molar refractivity (Wildman–Crippen MR) is 86.9 cm³/mol. The molecule has 1 amide bonds. The van der Waals surface area contributed by atoms with Gasteiger partial charge in [0.15, 0.2) is 5.11 Å². The summed E-state index contributed by atoms with van der Waals surface area (Å²) in [7, 11) is 0. The standard InChI is InChI=1S/C15H29N3OS/c1-3-5-6-7-12-8-10-13(11-9-12)14(19)17-18(4-2)15(16)20/h12-13H,3-11H2,1-2H3,(H2,16,20)(H,17,19). The fraction of sp³-hybridized carbons (Fsp3) is 0.867. The molecule has 0 bridgehead atoms. The van der Waals surface area contributed by atoms with Gasteiger partial charge in [-0.3, -0.25) is 15.2 Å². The number of nitrogens with two attached hydrogens (primary N) is 1. The van der Waals surface area contributed by atoms with Crippen molar-refractivity contribution in [3.63, 3.8) is 0 Å². The SMILES string of the molecule is CCCCCC1CCC(C(=O)NN(CC)C(N)=S)CC1. The van der Waals surface area contributed by atoms with Gasteiger partial charge < -0.3 is 5.73 Å². The lowest BCUT2D eigenvalue weighted by atomic mass is 9.79. The molecule has 0 heterocycles. The summed E-state index contributed by atoms with van der Waals surface area (Å²) in [5.41, 5.74) is 8.39. The van der Waals surface area contributed by atoms with Gasteiger partial charge in [0.05, 0.1) is 0 Å². The van der Waals surface area contributed by atoms with E-state index in [1.807, 2.05) is 6.92 Å². The average Bonchev–Trinajstić information content (AvgIpc) is 2.45. The second-order valence-electron chi connectivity index (χ2n) is 5.77. The van der Waals surface area contributed by atoms with E-state index in [2.05, 4.69) is 12.3 Å². The number of hydrogen-bond acceptors (Lipinski definition) is 2. The van der Waals surface area contributed by atoms with Crippen molar-refractivity contribution in [1.29, 1.82) is 0 Å². The van der Waals surface area contributed by atoms with Crippen LogP contribution in [-0.4, -0.2) is 22.6 Å². The highest BCUT2D eigenvalue weighted by atomic mass is 32.1. The zero-order chi connectivity index (χ0) is 15.0. The summed E-state index contributed by atoms with van der Waals surface area (Å²) in [6.45, 7) is 4.76. The summed E-state index contributed by atoms with van der Waals surface area (Å²) in [5.74, 6) is 1.02. The highest BCUT2D eigenvalue weighted by molar-refractivity contribution is 7.80. The molecule has 0 unspecified atom stereocenters. The minimum Gasteiger partial charge on any atom is -0.375 e. The van der Waals surface area contributed by atoms with Crippen LogP contribution in [0.4, 0.5) is 0 Å². The van der Waals surface area contributed by atoms with E-state index in [9.17, 15) is 4.79 Å². The largest absolute Gasteiger partial charge is 0.375 e. The van der Waals surface area contributed by atoms with Crippen molar-refractivity contribution in [2.24, 2.45) is 17.6 Å². The molecule has 1 aliphatic carbocycles. The van der Waals surface area contributed by atoms with Crippen LogP contribution in [0.1, 0.15) is 65.2 Å². The van der Waals surface area contributed by atoms with E-state index in [1.165, 1.54) is 38.5 Å². The van der Waals surface area contributed by atoms with Crippen LogP contribution in [0.2, 0.25) is 0 Å². The summed E-state index contributed by atoms with van der Waals surface area (Å²) >= 11 is 4.90. The lowest BCUT2D eigenvalue weighted by molar-refractivity contribution is -0.129. The lowest BCUT2D eigenvalue weighted by Gasteiger charge is -2.30. The molecule has 0 spiro atoms. The van der Waals surface area contributed by atoms with Crippen molar-refractivity contribution in [3.05, 3.63) is 0 Å². The van der Waals surface area contributed by atoms with Gasteiger partial charge in [0.2, 0.25) is 5.91 Å². The first-order valence-electron chi connectivity index (χ1n) is 7.95. The number of unbranched alkanes of at least 4 members (excludes halogenated alkanes) is 2. The van der Waals surface area contributed by atoms with Gasteiger partial charge in [0.25, 0.3) is 0 Å². The number of thiocarbonyl (C=S) groups is 1. The molecular weight excluding hydrogens is 270 g/mol. The Labute approximate surface area is 128 Å². The maximum atomic E-state index is 12.2. The van der Waals surface area contributed by atoms with Crippen LogP contribution in [0.3, 0.4) is 0 Å². The molecule has 1 aliphatic rings. The van der Waals surface area contributed by atoms with Gasteiger partial charge in [-0.2, -0.15) is 0 Å². The van der Waals surface area contributed by atoms with Crippen molar-refractivity contribution in [1.82, 2.24) is 10.4 Å².